The van der Waals surface area contributed by atoms with E-state index in [-0.39, 0.29) is 5.56 Å². The molecule has 0 fully saturated rings. The van der Waals surface area contributed by atoms with Crippen LogP contribution in [0, 0.1) is 0 Å². The number of nitrogens with one attached hydrogen (secondary N) is 1. The predicted octanol–water partition coefficient (Wildman–Crippen LogP) is 2.60. The van der Waals surface area contributed by atoms with Crippen molar-refractivity contribution in [3.63, 3.8) is 0 Å². The van der Waals surface area contributed by atoms with Gasteiger partial charge in [-0.25, -0.2) is 9.31 Å². The zero-order valence-electron chi connectivity index (χ0n) is 13.9. The molecular formula is C18H19N3O3. The van der Waals surface area contributed by atoms with Gasteiger partial charge in [0.2, 0.25) is 0 Å². The number of H-pyrrole nitrogens is 1. The van der Waals surface area contributed by atoms with Crippen molar-refractivity contribution in [3.8, 4) is 11.4 Å². The van der Waals surface area contributed by atoms with E-state index in [0.717, 1.165) is 18.4 Å². The van der Waals surface area contributed by atoms with Crippen LogP contribution in [0.4, 0.5) is 0 Å². The number of benzene rings is 1. The smallest absolute Gasteiger partial charge is 0.339 e. The molecule has 0 spiro atoms. The van der Waals surface area contributed by atoms with Crippen LogP contribution in [0.3, 0.4) is 0 Å². The lowest BCUT2D eigenvalue weighted by molar-refractivity contribution is 0.0601. The molecule has 124 valence electrons. The van der Waals surface area contributed by atoms with Gasteiger partial charge in [-0.1, -0.05) is 26.0 Å². The molecule has 0 radical (unpaired) electrons. The molecule has 0 saturated heterocycles. The number of carbonyl (C=O) groups excluding carboxylic acids is 1. The molecule has 3 aromatic rings. The molecule has 0 amide bonds. The Morgan fingerprint density at radius 1 is 1.21 bits per heavy atom. The van der Waals surface area contributed by atoms with Gasteiger partial charge in [0.05, 0.1) is 12.7 Å². The Labute approximate surface area is 139 Å². The summed E-state index contributed by atoms with van der Waals surface area (Å²) in [6.45, 7) is 4.22. The summed E-state index contributed by atoms with van der Waals surface area (Å²) in [7, 11) is 1.30. The first kappa shape index (κ1) is 16.0. The minimum absolute atomic E-state index is 0.295. The van der Waals surface area contributed by atoms with Gasteiger partial charge in [-0.2, -0.15) is 0 Å². The van der Waals surface area contributed by atoms with Crippen LogP contribution in [0.1, 0.15) is 35.3 Å². The molecule has 0 aliphatic rings. The Balaban J connectivity index is 2.14. The highest BCUT2D eigenvalue weighted by molar-refractivity contribution is 5.90. The number of ether oxygens (including phenoxy) is 1. The summed E-state index contributed by atoms with van der Waals surface area (Å²) in [5.74, 6) is -0.0288. The molecule has 0 saturated carbocycles. The van der Waals surface area contributed by atoms with Gasteiger partial charge in [0.25, 0.3) is 5.56 Å². The largest absolute Gasteiger partial charge is 0.465 e. The van der Waals surface area contributed by atoms with Crippen molar-refractivity contribution in [2.75, 3.05) is 7.11 Å². The van der Waals surface area contributed by atoms with E-state index >= 15 is 0 Å². The van der Waals surface area contributed by atoms with E-state index in [2.05, 4.69) is 34.7 Å². The number of rotatable bonds is 4. The number of fused-ring (bicyclic) bond motifs is 1. The molecule has 2 aromatic heterocycles. The van der Waals surface area contributed by atoms with Crippen LogP contribution in [0.5, 0.6) is 0 Å². The van der Waals surface area contributed by atoms with Crippen LogP contribution < -0.4 is 5.56 Å². The molecule has 0 unspecified atom stereocenters. The molecule has 0 aliphatic heterocycles. The highest BCUT2D eigenvalue weighted by Gasteiger charge is 2.13. The molecule has 0 aliphatic carbocycles. The van der Waals surface area contributed by atoms with Gasteiger partial charge in [-0.05, 0) is 36.1 Å². The van der Waals surface area contributed by atoms with Gasteiger partial charge >= 0.3 is 5.97 Å². The number of aryl methyl sites for hydroxylation is 2. The SMILES string of the molecule is CCc1ccc(-c2nn3cc(C(=O)OC)cc3c(=O)[nH]2)cc1CC. The van der Waals surface area contributed by atoms with Crippen molar-refractivity contribution < 1.29 is 9.53 Å². The van der Waals surface area contributed by atoms with Crippen molar-refractivity contribution in [3.05, 3.63) is 57.5 Å². The minimum Gasteiger partial charge on any atom is -0.465 e. The number of hydrogen-bond donors (Lipinski definition) is 1. The van der Waals surface area contributed by atoms with E-state index in [1.54, 1.807) is 0 Å². The van der Waals surface area contributed by atoms with Gasteiger partial charge in [-0.15, -0.1) is 5.10 Å². The number of nitrogens with zero attached hydrogens (tertiary/aromatic N) is 2. The molecule has 6 nitrogen and oxygen atoms in total. The quantitative estimate of drug-likeness (QED) is 0.748. The Hall–Kier alpha value is -2.89. The van der Waals surface area contributed by atoms with Crippen LogP contribution >= 0.6 is 0 Å². The Morgan fingerprint density at radius 2 is 1.96 bits per heavy atom. The van der Waals surface area contributed by atoms with Crippen molar-refractivity contribution in [1.82, 2.24) is 14.6 Å². The summed E-state index contributed by atoms with van der Waals surface area (Å²) >= 11 is 0. The Morgan fingerprint density at radius 3 is 2.62 bits per heavy atom. The topological polar surface area (TPSA) is 76.5 Å². The molecule has 24 heavy (non-hydrogen) atoms. The number of hydrogen-bond acceptors (Lipinski definition) is 4. The second kappa shape index (κ2) is 6.31. The summed E-state index contributed by atoms with van der Waals surface area (Å²) in [5.41, 5.74) is 3.67. The fraction of sp³-hybridized carbons (Fsp3) is 0.278. The van der Waals surface area contributed by atoms with E-state index in [1.165, 1.54) is 35.0 Å². The molecule has 1 aromatic carbocycles. The number of aromatic amines is 1. The summed E-state index contributed by atoms with van der Waals surface area (Å²) in [4.78, 5) is 26.7. The van der Waals surface area contributed by atoms with Gasteiger partial charge in [0, 0.05) is 11.8 Å². The van der Waals surface area contributed by atoms with Gasteiger partial charge in [-0.3, -0.25) is 4.79 Å². The summed E-state index contributed by atoms with van der Waals surface area (Å²) in [5, 5.41) is 4.43. The highest BCUT2D eigenvalue weighted by atomic mass is 16.5. The molecule has 0 atom stereocenters. The third kappa shape index (κ3) is 2.71. The average molecular weight is 325 g/mol. The number of methoxy groups -OCH3 is 1. The molecule has 0 bridgehead atoms. The van der Waals surface area contributed by atoms with Gasteiger partial charge in [0.1, 0.15) is 5.52 Å². The van der Waals surface area contributed by atoms with E-state index in [0.29, 0.717) is 16.9 Å². The normalized spacial score (nSPS) is 11.0. The van der Waals surface area contributed by atoms with Crippen molar-refractivity contribution >= 4 is 11.5 Å². The summed E-state index contributed by atoms with van der Waals surface area (Å²) in [6, 6.07) is 7.54. The zero-order valence-corrected chi connectivity index (χ0v) is 13.9. The highest BCUT2D eigenvalue weighted by Crippen LogP contribution is 2.20. The van der Waals surface area contributed by atoms with Gasteiger partial charge in [0.15, 0.2) is 5.82 Å². The molecule has 6 heteroatoms. The number of aromatic nitrogens is 3. The molecular weight excluding hydrogens is 306 g/mol. The van der Waals surface area contributed by atoms with Crippen LogP contribution in [0.2, 0.25) is 0 Å². The number of carbonyl (C=O) groups is 1. The van der Waals surface area contributed by atoms with Gasteiger partial charge < -0.3 is 9.72 Å². The fourth-order valence-electron chi connectivity index (χ4n) is 2.82. The van der Waals surface area contributed by atoms with E-state index in [9.17, 15) is 9.59 Å². The van der Waals surface area contributed by atoms with E-state index < -0.39 is 5.97 Å². The van der Waals surface area contributed by atoms with Crippen LogP contribution in [-0.2, 0) is 17.6 Å². The van der Waals surface area contributed by atoms with Crippen LogP contribution in [0.15, 0.2) is 35.3 Å². The first-order chi connectivity index (χ1) is 11.6. The Bertz CT molecular complexity index is 969. The van der Waals surface area contributed by atoms with Crippen LogP contribution in [0.25, 0.3) is 16.9 Å². The molecule has 1 N–H and O–H groups in total. The number of esters is 1. The molecule has 2 heterocycles. The average Bonchev–Trinajstić information content (AvgIpc) is 3.05. The summed E-state index contributed by atoms with van der Waals surface area (Å²) in [6.07, 6.45) is 3.38. The van der Waals surface area contributed by atoms with Crippen molar-refractivity contribution in [2.45, 2.75) is 26.7 Å². The lowest BCUT2D eigenvalue weighted by Gasteiger charge is -2.08. The molecule has 3 rings (SSSR count). The first-order valence-electron chi connectivity index (χ1n) is 7.90. The maximum absolute atomic E-state index is 12.3. The minimum atomic E-state index is -0.498. The lowest BCUT2D eigenvalue weighted by Crippen LogP contribution is -2.13. The third-order valence-electron chi connectivity index (χ3n) is 4.14. The van der Waals surface area contributed by atoms with Crippen molar-refractivity contribution in [1.29, 1.82) is 0 Å². The first-order valence-corrected chi connectivity index (χ1v) is 7.90. The lowest BCUT2D eigenvalue weighted by atomic mass is 10.00. The third-order valence-corrected chi connectivity index (χ3v) is 4.14. The fourth-order valence-corrected chi connectivity index (χ4v) is 2.82. The van der Waals surface area contributed by atoms with E-state index in [1.807, 2.05) is 12.1 Å². The van der Waals surface area contributed by atoms with Crippen molar-refractivity contribution in [2.24, 2.45) is 0 Å². The maximum atomic E-state index is 12.3. The standard InChI is InChI=1S/C18H19N3O3/c1-4-11-6-7-13(8-12(11)5-2)16-19-17(22)15-9-14(18(23)24-3)10-21(15)20-16/h6-10H,4-5H2,1-3H3,(H,19,20,22). The van der Waals surface area contributed by atoms with Crippen LogP contribution in [-0.4, -0.2) is 27.7 Å². The Kier molecular flexibility index (Phi) is 4.20. The monoisotopic (exact) mass is 325 g/mol. The predicted molar refractivity (Wildman–Crippen MR) is 91.3 cm³/mol. The summed E-state index contributed by atoms with van der Waals surface area (Å²) < 4.78 is 6.10. The zero-order chi connectivity index (χ0) is 17.3. The maximum Gasteiger partial charge on any atom is 0.339 e. The second-order valence-electron chi connectivity index (χ2n) is 5.54. The van der Waals surface area contributed by atoms with E-state index in [4.69, 9.17) is 0 Å². The second-order valence-corrected chi connectivity index (χ2v) is 5.54.